The Balaban J connectivity index is 2.62. The minimum absolute atomic E-state index is 0.0263. The van der Waals surface area contributed by atoms with E-state index in [1.807, 2.05) is 6.92 Å². The summed E-state index contributed by atoms with van der Waals surface area (Å²) in [6.07, 6.45) is 2.52. The van der Waals surface area contributed by atoms with E-state index in [2.05, 4.69) is 14.8 Å². The Labute approximate surface area is 112 Å². The van der Waals surface area contributed by atoms with E-state index in [0.717, 1.165) is 6.07 Å². The SMILES string of the molecule is CCCC1=Cc2ccc(F)cc2S1(Br)C(F)(F)F. The molecular formula is C12H11BrF4S. The number of hydrogen-bond donors (Lipinski definition) is 0. The Morgan fingerprint density at radius 3 is 2.50 bits per heavy atom. The lowest BCUT2D eigenvalue weighted by Gasteiger charge is -2.35. The Hall–Kier alpha value is -0.490. The smallest absolute Gasteiger partial charge is 0.207 e. The van der Waals surface area contributed by atoms with Crippen molar-refractivity contribution in [2.24, 2.45) is 0 Å². The van der Waals surface area contributed by atoms with Crippen LogP contribution < -0.4 is 0 Å². The van der Waals surface area contributed by atoms with Crippen LogP contribution in [-0.2, 0) is 0 Å². The molecule has 18 heavy (non-hydrogen) atoms. The zero-order valence-electron chi connectivity index (χ0n) is 9.52. The lowest BCUT2D eigenvalue weighted by atomic mass is 10.2. The van der Waals surface area contributed by atoms with Crippen LogP contribution in [0, 0.1) is 5.82 Å². The van der Waals surface area contributed by atoms with Gasteiger partial charge in [0.05, 0.1) is 0 Å². The van der Waals surface area contributed by atoms with Gasteiger partial charge < -0.3 is 0 Å². The highest BCUT2D eigenvalue weighted by Gasteiger charge is 2.54. The lowest BCUT2D eigenvalue weighted by Crippen LogP contribution is -2.16. The second-order valence-corrected chi connectivity index (χ2v) is 9.44. The third kappa shape index (κ3) is 1.99. The second kappa shape index (κ2) is 4.56. The summed E-state index contributed by atoms with van der Waals surface area (Å²) in [5.74, 6) is -0.638. The minimum Gasteiger partial charge on any atom is -0.207 e. The molecule has 0 bridgehead atoms. The molecule has 0 saturated carbocycles. The van der Waals surface area contributed by atoms with E-state index in [4.69, 9.17) is 0 Å². The van der Waals surface area contributed by atoms with Crippen molar-refractivity contribution in [2.75, 3.05) is 0 Å². The molecule has 1 atom stereocenters. The van der Waals surface area contributed by atoms with Gasteiger partial charge in [-0.3, -0.25) is 0 Å². The average molecular weight is 343 g/mol. The fraction of sp³-hybridized carbons (Fsp3) is 0.333. The van der Waals surface area contributed by atoms with Crippen molar-refractivity contribution < 1.29 is 17.6 Å². The van der Waals surface area contributed by atoms with Crippen molar-refractivity contribution in [1.82, 2.24) is 0 Å². The van der Waals surface area contributed by atoms with Crippen LogP contribution in [0.15, 0.2) is 28.0 Å². The van der Waals surface area contributed by atoms with Crippen LogP contribution in [0.25, 0.3) is 6.08 Å². The Morgan fingerprint density at radius 2 is 1.94 bits per heavy atom. The maximum Gasteiger partial charge on any atom is 0.442 e. The molecule has 1 aliphatic rings. The summed E-state index contributed by atoms with van der Waals surface area (Å²) < 4.78 is 53.3. The van der Waals surface area contributed by atoms with Gasteiger partial charge in [-0.2, -0.15) is 13.2 Å². The van der Waals surface area contributed by atoms with Crippen LogP contribution in [0.5, 0.6) is 0 Å². The third-order valence-corrected chi connectivity index (χ3v) is 8.81. The zero-order chi connectivity index (χ0) is 13.6. The molecule has 0 spiro atoms. The molecule has 1 unspecified atom stereocenters. The number of fused-ring (bicyclic) bond motifs is 1. The van der Waals surface area contributed by atoms with Gasteiger partial charge in [0, 0.05) is 4.90 Å². The summed E-state index contributed by atoms with van der Waals surface area (Å²) in [6.45, 7) is 1.83. The number of halogens is 5. The van der Waals surface area contributed by atoms with Gasteiger partial charge in [-0.05, 0) is 58.4 Å². The molecule has 0 aliphatic carbocycles. The summed E-state index contributed by atoms with van der Waals surface area (Å²) in [5.41, 5.74) is -3.95. The number of rotatable bonds is 2. The highest BCUT2D eigenvalue weighted by molar-refractivity contribution is 9.59. The molecule has 2 rings (SSSR count). The standard InChI is InChI=1S/C12H11BrF4S/c1-2-3-10-6-8-4-5-9(14)7-11(8)18(10,13)12(15,16)17/h4-7H,2-3H2,1H3. The van der Waals surface area contributed by atoms with Gasteiger partial charge in [-0.1, -0.05) is 19.4 Å². The second-order valence-electron chi connectivity index (χ2n) is 4.03. The van der Waals surface area contributed by atoms with E-state index in [1.54, 1.807) is 0 Å². The Kier molecular flexibility index (Phi) is 3.53. The highest BCUT2D eigenvalue weighted by atomic mass is 79.9. The molecule has 1 aliphatic heterocycles. The maximum atomic E-state index is 13.4. The summed E-state index contributed by atoms with van der Waals surface area (Å²) >= 11 is 2.89. The molecule has 1 aromatic rings. The van der Waals surface area contributed by atoms with Crippen molar-refractivity contribution in [1.29, 1.82) is 0 Å². The molecule has 0 saturated heterocycles. The van der Waals surface area contributed by atoms with Crippen LogP contribution in [0.1, 0.15) is 25.3 Å². The monoisotopic (exact) mass is 342 g/mol. The van der Waals surface area contributed by atoms with Crippen LogP contribution in [0.2, 0.25) is 0 Å². The first kappa shape index (κ1) is 13.9. The summed E-state index contributed by atoms with van der Waals surface area (Å²) in [7, 11) is -3.27. The largest absolute Gasteiger partial charge is 0.442 e. The molecule has 0 amide bonds. The van der Waals surface area contributed by atoms with Gasteiger partial charge in [0.25, 0.3) is 0 Å². The van der Waals surface area contributed by atoms with E-state index in [1.165, 1.54) is 18.2 Å². The third-order valence-electron chi connectivity index (χ3n) is 2.77. The number of benzene rings is 1. The van der Waals surface area contributed by atoms with Crippen molar-refractivity contribution in [3.8, 4) is 0 Å². The molecular weight excluding hydrogens is 332 g/mol. The quantitative estimate of drug-likeness (QED) is 0.580. The maximum absolute atomic E-state index is 13.4. The average Bonchev–Trinajstić information content (AvgIpc) is 2.54. The fourth-order valence-corrected chi connectivity index (χ4v) is 5.94. The van der Waals surface area contributed by atoms with Gasteiger partial charge in [0.2, 0.25) is 0 Å². The van der Waals surface area contributed by atoms with Crippen LogP contribution >= 0.6 is 23.3 Å². The predicted molar refractivity (Wildman–Crippen MR) is 70.1 cm³/mol. The first-order valence-corrected chi connectivity index (χ1v) is 8.87. The van der Waals surface area contributed by atoms with E-state index < -0.39 is 19.8 Å². The van der Waals surface area contributed by atoms with Gasteiger partial charge in [0.15, 0.2) is 0 Å². The van der Waals surface area contributed by atoms with Crippen LogP contribution in [0.4, 0.5) is 17.6 Å². The van der Waals surface area contributed by atoms with Crippen LogP contribution in [0.3, 0.4) is 0 Å². The fourth-order valence-electron chi connectivity index (χ4n) is 2.00. The molecule has 0 nitrogen and oxygen atoms in total. The minimum atomic E-state index is -4.41. The van der Waals surface area contributed by atoms with Crippen molar-refractivity contribution in [3.63, 3.8) is 0 Å². The highest BCUT2D eigenvalue weighted by Crippen LogP contribution is 2.81. The first-order valence-electron chi connectivity index (χ1n) is 5.40. The zero-order valence-corrected chi connectivity index (χ0v) is 11.9. The number of allylic oxidation sites excluding steroid dienone is 1. The Bertz CT molecular complexity index is 509. The van der Waals surface area contributed by atoms with Crippen molar-refractivity contribution >= 4 is 29.4 Å². The summed E-state index contributed by atoms with van der Waals surface area (Å²) in [6, 6.07) is 3.58. The molecule has 0 N–H and O–H groups in total. The number of alkyl halides is 3. The van der Waals surface area contributed by atoms with Crippen molar-refractivity contribution in [3.05, 3.63) is 34.5 Å². The predicted octanol–water partition coefficient (Wildman–Crippen LogP) is 5.97. The molecule has 1 heterocycles. The molecule has 100 valence electrons. The number of hydrogen-bond acceptors (Lipinski definition) is 0. The van der Waals surface area contributed by atoms with Crippen LogP contribution in [-0.4, -0.2) is 5.51 Å². The molecule has 6 heteroatoms. The van der Waals surface area contributed by atoms with E-state index >= 15 is 0 Å². The van der Waals surface area contributed by atoms with Gasteiger partial charge in [-0.25, -0.2) is 4.39 Å². The molecule has 1 aromatic carbocycles. The molecule has 0 radical (unpaired) electrons. The summed E-state index contributed by atoms with van der Waals surface area (Å²) in [5, 5.41) is 0. The molecule has 0 fully saturated rings. The van der Waals surface area contributed by atoms with Gasteiger partial charge in [0.1, 0.15) is 5.82 Å². The normalized spacial score (nSPS) is 26.4. The topological polar surface area (TPSA) is 0 Å². The first-order chi connectivity index (χ1) is 8.30. The van der Waals surface area contributed by atoms with Gasteiger partial charge in [-0.15, -0.1) is 0 Å². The van der Waals surface area contributed by atoms with E-state index in [-0.39, 0.29) is 4.90 Å². The lowest BCUT2D eigenvalue weighted by molar-refractivity contribution is -0.0355. The van der Waals surface area contributed by atoms with Crippen molar-refractivity contribution in [2.45, 2.75) is 30.2 Å². The Morgan fingerprint density at radius 1 is 1.28 bits per heavy atom. The van der Waals surface area contributed by atoms with E-state index in [9.17, 15) is 17.6 Å². The summed E-state index contributed by atoms with van der Waals surface area (Å²) in [4.78, 5) is 0.344. The van der Waals surface area contributed by atoms with E-state index in [0.29, 0.717) is 23.3 Å². The van der Waals surface area contributed by atoms with Gasteiger partial charge >= 0.3 is 5.51 Å². The molecule has 0 aromatic heterocycles.